The predicted molar refractivity (Wildman–Crippen MR) is 112 cm³/mol. The van der Waals surface area contributed by atoms with Crippen molar-refractivity contribution in [2.24, 2.45) is 11.3 Å². The summed E-state index contributed by atoms with van der Waals surface area (Å²) in [6, 6.07) is 0. The minimum absolute atomic E-state index is 0.0263. The first-order valence-electron chi connectivity index (χ1n) is 10.6. The SMILES string of the molecule is C[C@@H]1CCCN(c2ncc3c(n2)[C@H]2CN(C(=O)CC(C)(C)C)C[C@H]2S(=O)(=O)C3)C1. The van der Waals surface area contributed by atoms with Crippen LogP contribution in [0, 0.1) is 11.3 Å². The standard InChI is InChI=1S/C21H32N4O3S/c1-14-6-5-7-24(10-14)20-22-9-15-13-29(27,28)17-12-25(11-16(17)19(15)23-20)18(26)8-21(2,3)4/h9,14,16-17H,5-8,10-13H2,1-4H3/t14-,16+,17-/m1/s1. The molecule has 0 aromatic carbocycles. The molecule has 1 aromatic heterocycles. The third kappa shape index (κ3) is 4.13. The third-order valence-electron chi connectivity index (χ3n) is 6.29. The average Bonchev–Trinajstić information content (AvgIpc) is 3.07. The van der Waals surface area contributed by atoms with Gasteiger partial charge in [-0.25, -0.2) is 18.4 Å². The van der Waals surface area contributed by atoms with Crippen LogP contribution in [-0.4, -0.2) is 60.6 Å². The Hall–Kier alpha value is -1.70. The maximum atomic E-state index is 12.9. The summed E-state index contributed by atoms with van der Waals surface area (Å²) in [6.45, 7) is 10.9. The van der Waals surface area contributed by atoms with Gasteiger partial charge in [0.05, 0.1) is 16.7 Å². The zero-order valence-corrected chi connectivity index (χ0v) is 18.7. The lowest BCUT2D eigenvalue weighted by Gasteiger charge is -2.32. The first-order valence-corrected chi connectivity index (χ1v) is 12.4. The minimum Gasteiger partial charge on any atom is -0.341 e. The second-order valence-corrected chi connectivity index (χ2v) is 12.5. The molecule has 0 unspecified atom stereocenters. The number of carbonyl (C=O) groups is 1. The number of aromatic nitrogens is 2. The van der Waals surface area contributed by atoms with Crippen LogP contribution in [0.25, 0.3) is 0 Å². The van der Waals surface area contributed by atoms with Crippen molar-refractivity contribution in [1.29, 1.82) is 0 Å². The fraction of sp³-hybridized carbons (Fsp3) is 0.762. The minimum atomic E-state index is -3.32. The topological polar surface area (TPSA) is 83.5 Å². The maximum Gasteiger partial charge on any atom is 0.225 e. The molecule has 0 bridgehead atoms. The van der Waals surface area contributed by atoms with Gasteiger partial charge in [-0.05, 0) is 24.2 Å². The van der Waals surface area contributed by atoms with Crippen LogP contribution in [0.2, 0.25) is 0 Å². The molecule has 7 nitrogen and oxygen atoms in total. The van der Waals surface area contributed by atoms with Crippen molar-refractivity contribution in [3.8, 4) is 0 Å². The second-order valence-electron chi connectivity index (χ2n) is 10.3. The van der Waals surface area contributed by atoms with Crippen molar-refractivity contribution in [3.63, 3.8) is 0 Å². The van der Waals surface area contributed by atoms with Crippen LogP contribution < -0.4 is 4.90 Å². The van der Waals surface area contributed by atoms with Gasteiger partial charge in [-0.1, -0.05) is 27.7 Å². The van der Waals surface area contributed by atoms with E-state index in [0.717, 1.165) is 25.2 Å². The van der Waals surface area contributed by atoms with Gasteiger partial charge >= 0.3 is 0 Å². The van der Waals surface area contributed by atoms with Gasteiger partial charge in [-0.15, -0.1) is 0 Å². The van der Waals surface area contributed by atoms with Gasteiger partial charge < -0.3 is 9.80 Å². The number of carbonyl (C=O) groups excluding carboxylic acids is 1. The number of fused-ring (bicyclic) bond motifs is 3. The number of rotatable bonds is 2. The molecular formula is C21H32N4O3S. The van der Waals surface area contributed by atoms with E-state index in [1.165, 1.54) is 6.42 Å². The normalized spacial score (nSPS) is 28.8. The molecule has 29 heavy (non-hydrogen) atoms. The molecule has 2 saturated heterocycles. The van der Waals surface area contributed by atoms with Gasteiger partial charge in [0.1, 0.15) is 0 Å². The highest BCUT2D eigenvalue weighted by molar-refractivity contribution is 7.91. The molecule has 3 aliphatic heterocycles. The van der Waals surface area contributed by atoms with Gasteiger partial charge in [0.2, 0.25) is 11.9 Å². The molecule has 0 saturated carbocycles. The number of sulfone groups is 1. The van der Waals surface area contributed by atoms with Crippen LogP contribution >= 0.6 is 0 Å². The van der Waals surface area contributed by atoms with Crippen LogP contribution in [0.5, 0.6) is 0 Å². The number of hydrogen-bond donors (Lipinski definition) is 0. The molecule has 0 radical (unpaired) electrons. The Labute approximate surface area is 173 Å². The van der Waals surface area contributed by atoms with Gasteiger partial charge in [0, 0.05) is 50.3 Å². The molecule has 4 heterocycles. The quantitative estimate of drug-likeness (QED) is 0.730. The number of amides is 1. The molecule has 1 aromatic rings. The zero-order valence-electron chi connectivity index (χ0n) is 17.9. The van der Waals surface area contributed by atoms with Crippen LogP contribution in [-0.2, 0) is 20.4 Å². The molecule has 0 N–H and O–H groups in total. The fourth-order valence-electron chi connectivity index (χ4n) is 4.86. The van der Waals surface area contributed by atoms with E-state index in [9.17, 15) is 13.2 Å². The third-order valence-corrected chi connectivity index (χ3v) is 8.41. The van der Waals surface area contributed by atoms with Crippen molar-refractivity contribution < 1.29 is 13.2 Å². The largest absolute Gasteiger partial charge is 0.341 e. The molecular weight excluding hydrogens is 388 g/mol. The summed E-state index contributed by atoms with van der Waals surface area (Å²) in [5.41, 5.74) is 1.41. The van der Waals surface area contributed by atoms with E-state index < -0.39 is 15.1 Å². The smallest absolute Gasteiger partial charge is 0.225 e. The molecule has 0 spiro atoms. The number of likely N-dealkylation sites (tertiary alicyclic amines) is 1. The highest BCUT2D eigenvalue weighted by atomic mass is 32.2. The molecule has 4 rings (SSSR count). The Morgan fingerprint density at radius 3 is 2.69 bits per heavy atom. The van der Waals surface area contributed by atoms with Crippen molar-refractivity contribution >= 4 is 21.7 Å². The van der Waals surface area contributed by atoms with Crippen LogP contribution in [0.15, 0.2) is 6.20 Å². The lowest BCUT2D eigenvalue weighted by Crippen LogP contribution is -2.38. The lowest BCUT2D eigenvalue weighted by molar-refractivity contribution is -0.132. The molecule has 8 heteroatoms. The number of nitrogens with zero attached hydrogens (tertiary/aromatic N) is 4. The molecule has 2 fully saturated rings. The van der Waals surface area contributed by atoms with Crippen molar-refractivity contribution in [2.75, 3.05) is 31.1 Å². The van der Waals surface area contributed by atoms with Crippen molar-refractivity contribution in [2.45, 2.75) is 63.9 Å². The van der Waals surface area contributed by atoms with Gasteiger partial charge in [0.15, 0.2) is 9.84 Å². The first kappa shape index (κ1) is 20.6. The maximum absolute atomic E-state index is 12.9. The summed E-state index contributed by atoms with van der Waals surface area (Å²) in [4.78, 5) is 26.1. The Balaban J connectivity index is 1.63. The summed E-state index contributed by atoms with van der Waals surface area (Å²) in [7, 11) is -3.32. The van der Waals surface area contributed by atoms with E-state index in [1.807, 2.05) is 20.8 Å². The van der Waals surface area contributed by atoms with Gasteiger partial charge in [-0.3, -0.25) is 4.79 Å². The Bertz CT molecular complexity index is 909. The summed E-state index contributed by atoms with van der Waals surface area (Å²) in [5.74, 6) is 1.06. The molecule has 0 aliphatic carbocycles. The summed E-state index contributed by atoms with van der Waals surface area (Å²) in [5, 5.41) is -0.554. The number of anilines is 1. The number of hydrogen-bond acceptors (Lipinski definition) is 6. The van der Waals surface area contributed by atoms with Gasteiger partial charge in [0.25, 0.3) is 0 Å². The van der Waals surface area contributed by atoms with E-state index in [0.29, 0.717) is 30.4 Å². The van der Waals surface area contributed by atoms with Gasteiger partial charge in [-0.2, -0.15) is 0 Å². The Kier molecular flexibility index (Phi) is 5.12. The monoisotopic (exact) mass is 420 g/mol. The van der Waals surface area contributed by atoms with Crippen molar-refractivity contribution in [3.05, 3.63) is 17.5 Å². The highest BCUT2D eigenvalue weighted by Crippen LogP contribution is 2.40. The zero-order chi connectivity index (χ0) is 21.0. The molecule has 1 amide bonds. The number of piperidine rings is 1. The summed E-state index contributed by atoms with van der Waals surface area (Å²) >= 11 is 0. The lowest BCUT2D eigenvalue weighted by atomic mass is 9.91. The van der Waals surface area contributed by atoms with E-state index in [-0.39, 0.29) is 29.5 Å². The molecule has 3 atom stereocenters. The Morgan fingerprint density at radius 1 is 1.24 bits per heavy atom. The van der Waals surface area contributed by atoms with E-state index >= 15 is 0 Å². The van der Waals surface area contributed by atoms with E-state index in [4.69, 9.17) is 4.98 Å². The highest BCUT2D eigenvalue weighted by Gasteiger charge is 2.48. The van der Waals surface area contributed by atoms with Crippen molar-refractivity contribution in [1.82, 2.24) is 14.9 Å². The average molecular weight is 421 g/mol. The second kappa shape index (κ2) is 7.22. The Morgan fingerprint density at radius 2 is 2.00 bits per heavy atom. The van der Waals surface area contributed by atoms with E-state index in [1.54, 1.807) is 11.1 Å². The molecule has 3 aliphatic rings. The molecule has 160 valence electrons. The summed E-state index contributed by atoms with van der Waals surface area (Å²) < 4.78 is 25.8. The van der Waals surface area contributed by atoms with Crippen LogP contribution in [0.4, 0.5) is 5.95 Å². The van der Waals surface area contributed by atoms with E-state index in [2.05, 4.69) is 16.8 Å². The summed E-state index contributed by atoms with van der Waals surface area (Å²) in [6.07, 6.45) is 4.46. The first-order chi connectivity index (χ1) is 13.5. The fourth-order valence-corrected chi connectivity index (χ4v) is 6.85. The van der Waals surface area contributed by atoms with Crippen LogP contribution in [0.1, 0.15) is 64.1 Å². The van der Waals surface area contributed by atoms with Crippen LogP contribution in [0.3, 0.4) is 0 Å². The predicted octanol–water partition coefficient (Wildman–Crippen LogP) is 2.37.